The van der Waals surface area contributed by atoms with Crippen molar-refractivity contribution in [2.75, 3.05) is 17.1 Å². The predicted molar refractivity (Wildman–Crippen MR) is 82.5 cm³/mol. The first-order valence-electron chi connectivity index (χ1n) is 6.26. The van der Waals surface area contributed by atoms with Gasteiger partial charge in [0.15, 0.2) is 0 Å². The number of hydrogen-bond acceptors (Lipinski definition) is 4. The summed E-state index contributed by atoms with van der Waals surface area (Å²) in [6.07, 6.45) is 4.58. The van der Waals surface area contributed by atoms with Crippen LogP contribution in [-0.4, -0.2) is 25.4 Å². The number of aromatic amines is 1. The molecule has 108 valence electrons. The van der Waals surface area contributed by atoms with Gasteiger partial charge >= 0.3 is 0 Å². The topological polar surface area (TPSA) is 92.1 Å². The molecular weight excluding hydrogens is 288 g/mol. The van der Waals surface area contributed by atoms with E-state index in [4.69, 9.17) is 5.73 Å². The van der Waals surface area contributed by atoms with Crippen molar-refractivity contribution in [2.45, 2.75) is 4.90 Å². The van der Waals surface area contributed by atoms with Gasteiger partial charge < -0.3 is 10.7 Å². The summed E-state index contributed by atoms with van der Waals surface area (Å²) in [4.78, 5) is 7.10. The van der Waals surface area contributed by atoms with Crippen LogP contribution in [0.5, 0.6) is 0 Å². The first-order valence-corrected chi connectivity index (χ1v) is 7.70. The Morgan fingerprint density at radius 3 is 2.81 bits per heavy atom. The molecule has 0 spiro atoms. The summed E-state index contributed by atoms with van der Waals surface area (Å²) in [5.41, 5.74) is 7.47. The molecule has 0 radical (unpaired) electrons. The zero-order chi connectivity index (χ0) is 15.0. The number of anilines is 2. The van der Waals surface area contributed by atoms with E-state index in [1.165, 1.54) is 23.7 Å². The molecule has 0 bridgehead atoms. The van der Waals surface area contributed by atoms with Gasteiger partial charge in [-0.2, -0.15) is 0 Å². The molecule has 2 aromatic heterocycles. The molecule has 7 heteroatoms. The molecule has 2 heterocycles. The number of rotatable bonds is 3. The highest BCUT2D eigenvalue weighted by molar-refractivity contribution is 7.93. The number of nitrogens with one attached hydrogen (secondary N) is 1. The number of sulfonamides is 1. The zero-order valence-electron chi connectivity index (χ0n) is 11.3. The molecule has 0 saturated heterocycles. The quantitative estimate of drug-likeness (QED) is 0.723. The average molecular weight is 302 g/mol. The van der Waals surface area contributed by atoms with Crippen molar-refractivity contribution in [3.63, 3.8) is 0 Å². The first-order chi connectivity index (χ1) is 10.00. The van der Waals surface area contributed by atoms with Crippen LogP contribution in [-0.2, 0) is 10.0 Å². The van der Waals surface area contributed by atoms with Gasteiger partial charge in [0.25, 0.3) is 10.0 Å². The maximum atomic E-state index is 12.7. The van der Waals surface area contributed by atoms with E-state index >= 15 is 0 Å². The van der Waals surface area contributed by atoms with E-state index in [0.29, 0.717) is 22.3 Å². The van der Waals surface area contributed by atoms with Gasteiger partial charge in [-0.25, -0.2) is 8.42 Å². The lowest BCUT2D eigenvalue weighted by atomic mass is 10.2. The molecule has 3 aromatic rings. The highest BCUT2D eigenvalue weighted by Gasteiger charge is 2.24. The highest BCUT2D eigenvalue weighted by Crippen LogP contribution is 2.28. The van der Waals surface area contributed by atoms with Crippen molar-refractivity contribution < 1.29 is 8.42 Å². The van der Waals surface area contributed by atoms with E-state index < -0.39 is 10.0 Å². The predicted octanol–water partition coefficient (Wildman–Crippen LogP) is 1.97. The van der Waals surface area contributed by atoms with Gasteiger partial charge in [0, 0.05) is 36.0 Å². The van der Waals surface area contributed by atoms with Crippen LogP contribution in [0.2, 0.25) is 0 Å². The normalized spacial score (nSPS) is 11.7. The van der Waals surface area contributed by atoms with Crippen LogP contribution >= 0.6 is 0 Å². The Morgan fingerprint density at radius 2 is 2.10 bits per heavy atom. The fourth-order valence-corrected chi connectivity index (χ4v) is 3.50. The third-order valence-corrected chi connectivity index (χ3v) is 5.14. The molecule has 0 amide bonds. The van der Waals surface area contributed by atoms with Gasteiger partial charge in [-0.3, -0.25) is 9.29 Å². The molecule has 3 rings (SSSR count). The van der Waals surface area contributed by atoms with E-state index in [0.717, 1.165) is 0 Å². The molecule has 6 nitrogen and oxygen atoms in total. The lowest BCUT2D eigenvalue weighted by molar-refractivity contribution is 0.595. The molecule has 1 aromatic carbocycles. The van der Waals surface area contributed by atoms with Crippen LogP contribution < -0.4 is 10.0 Å². The van der Waals surface area contributed by atoms with Crippen LogP contribution in [0.15, 0.2) is 53.8 Å². The third kappa shape index (κ3) is 2.21. The number of hydrogen-bond donors (Lipinski definition) is 2. The van der Waals surface area contributed by atoms with Crippen LogP contribution in [0.25, 0.3) is 10.9 Å². The Hall–Kier alpha value is -2.54. The number of benzene rings is 1. The number of pyridine rings is 1. The van der Waals surface area contributed by atoms with Crippen molar-refractivity contribution in [3.05, 3.63) is 48.9 Å². The van der Waals surface area contributed by atoms with E-state index in [2.05, 4.69) is 9.97 Å². The summed E-state index contributed by atoms with van der Waals surface area (Å²) in [5, 5.41) is 0.611. The Labute approximate surface area is 122 Å². The minimum atomic E-state index is -3.67. The maximum Gasteiger partial charge on any atom is 0.266 e. The lowest BCUT2D eigenvalue weighted by Crippen LogP contribution is -2.26. The number of aromatic nitrogens is 2. The number of nitrogen functional groups attached to an aromatic ring is 1. The minimum Gasteiger partial charge on any atom is -0.399 e. The number of nitrogens with zero attached hydrogens (tertiary/aromatic N) is 2. The number of nitrogens with two attached hydrogens (primary N) is 1. The van der Waals surface area contributed by atoms with Crippen molar-refractivity contribution in [1.29, 1.82) is 0 Å². The van der Waals surface area contributed by atoms with E-state index in [1.807, 2.05) is 0 Å². The standard InChI is InChI=1S/C14H14N4O2S/c1-18(11-3-2-6-16-8-11)21(19,20)14-9-17-13-7-10(15)4-5-12(13)14/h2-9,17H,15H2,1H3. The molecule has 3 N–H and O–H groups in total. The average Bonchev–Trinajstić information content (AvgIpc) is 2.91. The lowest BCUT2D eigenvalue weighted by Gasteiger charge is -2.18. The second-order valence-corrected chi connectivity index (χ2v) is 6.58. The maximum absolute atomic E-state index is 12.7. The highest BCUT2D eigenvalue weighted by atomic mass is 32.2. The van der Waals surface area contributed by atoms with Crippen LogP contribution in [0.4, 0.5) is 11.4 Å². The van der Waals surface area contributed by atoms with Gasteiger partial charge in [0.2, 0.25) is 0 Å². The summed E-state index contributed by atoms with van der Waals surface area (Å²) >= 11 is 0. The van der Waals surface area contributed by atoms with Crippen LogP contribution in [0.1, 0.15) is 0 Å². The minimum absolute atomic E-state index is 0.212. The molecule has 21 heavy (non-hydrogen) atoms. The van der Waals surface area contributed by atoms with Gasteiger partial charge in [-0.05, 0) is 30.3 Å². The monoisotopic (exact) mass is 302 g/mol. The summed E-state index contributed by atoms with van der Waals surface area (Å²) in [6, 6.07) is 8.47. The fourth-order valence-electron chi connectivity index (χ4n) is 2.16. The third-order valence-electron chi connectivity index (χ3n) is 3.32. The Kier molecular flexibility index (Phi) is 3.06. The second kappa shape index (κ2) is 4.78. The number of fused-ring (bicyclic) bond motifs is 1. The summed E-state index contributed by atoms with van der Waals surface area (Å²) in [6.45, 7) is 0. The molecule has 0 unspecified atom stereocenters. The van der Waals surface area contributed by atoms with Gasteiger partial charge in [-0.15, -0.1) is 0 Å². The summed E-state index contributed by atoms with van der Waals surface area (Å²) < 4.78 is 26.7. The SMILES string of the molecule is CN(c1cccnc1)S(=O)(=O)c1c[nH]c2cc(N)ccc12. The molecule has 0 aliphatic rings. The molecule has 0 saturated carbocycles. The van der Waals surface area contributed by atoms with Crippen LogP contribution in [0.3, 0.4) is 0 Å². The molecule has 0 aliphatic heterocycles. The molecule has 0 fully saturated rings. The van der Waals surface area contributed by atoms with E-state index in [9.17, 15) is 8.42 Å². The molecular formula is C14H14N4O2S. The molecule has 0 aliphatic carbocycles. The zero-order valence-corrected chi connectivity index (χ0v) is 12.1. The number of H-pyrrole nitrogens is 1. The Bertz CT molecular complexity index is 888. The van der Waals surface area contributed by atoms with Crippen molar-refractivity contribution in [1.82, 2.24) is 9.97 Å². The fraction of sp³-hybridized carbons (Fsp3) is 0.0714. The van der Waals surface area contributed by atoms with Crippen LogP contribution in [0, 0.1) is 0 Å². The smallest absolute Gasteiger partial charge is 0.266 e. The Morgan fingerprint density at radius 1 is 1.29 bits per heavy atom. The molecule has 0 atom stereocenters. The van der Waals surface area contributed by atoms with Crippen molar-refractivity contribution in [3.8, 4) is 0 Å². The van der Waals surface area contributed by atoms with Crippen molar-refractivity contribution in [2.24, 2.45) is 0 Å². The van der Waals surface area contributed by atoms with E-state index in [1.54, 1.807) is 36.5 Å². The van der Waals surface area contributed by atoms with E-state index in [-0.39, 0.29) is 4.90 Å². The second-order valence-electron chi connectivity index (χ2n) is 4.64. The van der Waals surface area contributed by atoms with Gasteiger partial charge in [0.1, 0.15) is 4.90 Å². The summed E-state index contributed by atoms with van der Waals surface area (Å²) in [7, 11) is -2.16. The van der Waals surface area contributed by atoms with Crippen molar-refractivity contribution >= 4 is 32.3 Å². The summed E-state index contributed by atoms with van der Waals surface area (Å²) in [5.74, 6) is 0. The largest absolute Gasteiger partial charge is 0.399 e. The Balaban J connectivity index is 2.13. The van der Waals surface area contributed by atoms with Gasteiger partial charge in [0.05, 0.1) is 11.9 Å². The van der Waals surface area contributed by atoms with Gasteiger partial charge in [-0.1, -0.05) is 0 Å². The first kappa shape index (κ1) is 13.4.